The number of para-hydroxylation sites is 1. The molecule has 1 aliphatic heterocycles. The largest absolute Gasteiger partial charge is 0.392 e. The third kappa shape index (κ3) is 4.69. The van der Waals surface area contributed by atoms with Gasteiger partial charge in [0, 0.05) is 36.4 Å². The Balaban J connectivity index is 1.52. The van der Waals surface area contributed by atoms with Crippen molar-refractivity contribution >= 4 is 16.8 Å². The first kappa shape index (κ1) is 20.5. The van der Waals surface area contributed by atoms with Crippen LogP contribution in [0.4, 0.5) is 0 Å². The summed E-state index contributed by atoms with van der Waals surface area (Å²) in [6.45, 7) is 4.20. The lowest BCUT2D eigenvalue weighted by molar-refractivity contribution is 0.0642. The van der Waals surface area contributed by atoms with E-state index in [1.54, 1.807) is 0 Å². The zero-order valence-electron chi connectivity index (χ0n) is 17.4. The molecule has 1 aromatic heterocycles. The summed E-state index contributed by atoms with van der Waals surface area (Å²) in [5.74, 6) is 0.467. The Hall–Kier alpha value is -2.76. The van der Waals surface area contributed by atoms with Crippen LogP contribution in [0.25, 0.3) is 10.9 Å². The van der Waals surface area contributed by atoms with Crippen molar-refractivity contribution in [3.05, 3.63) is 76.5 Å². The van der Waals surface area contributed by atoms with Gasteiger partial charge in [-0.1, -0.05) is 30.3 Å². The molecule has 4 rings (SSSR count). The molecule has 3 aromatic rings. The van der Waals surface area contributed by atoms with Gasteiger partial charge in [0.2, 0.25) is 0 Å². The third-order valence-corrected chi connectivity index (χ3v) is 5.78. The number of nitrogens with zero attached hydrogens (tertiary/aromatic N) is 1. The van der Waals surface area contributed by atoms with Gasteiger partial charge in [0.15, 0.2) is 0 Å². The van der Waals surface area contributed by atoms with Crippen LogP contribution in [-0.4, -0.2) is 35.8 Å². The van der Waals surface area contributed by atoms with Gasteiger partial charge in [-0.05, 0) is 67.0 Å². The van der Waals surface area contributed by atoms with Crippen molar-refractivity contribution in [1.82, 2.24) is 10.3 Å². The van der Waals surface area contributed by atoms with Gasteiger partial charge >= 0.3 is 0 Å². The van der Waals surface area contributed by atoms with E-state index in [9.17, 15) is 9.90 Å². The minimum absolute atomic E-state index is 0.00785. The lowest BCUT2D eigenvalue weighted by atomic mass is 9.98. The highest BCUT2D eigenvalue weighted by molar-refractivity contribution is 5.94. The van der Waals surface area contributed by atoms with E-state index in [1.807, 2.05) is 49.4 Å². The molecule has 2 aromatic carbocycles. The Morgan fingerprint density at radius 3 is 2.73 bits per heavy atom. The molecule has 0 spiro atoms. The molecule has 0 radical (unpaired) electrons. The van der Waals surface area contributed by atoms with Crippen LogP contribution in [0, 0.1) is 12.8 Å². The first-order valence-electron chi connectivity index (χ1n) is 10.6. The zero-order chi connectivity index (χ0) is 20.9. The average molecular weight is 405 g/mol. The topological polar surface area (TPSA) is 71.5 Å². The summed E-state index contributed by atoms with van der Waals surface area (Å²) < 4.78 is 5.38. The third-order valence-electron chi connectivity index (χ3n) is 5.78. The Morgan fingerprint density at radius 2 is 1.93 bits per heavy atom. The smallest absolute Gasteiger partial charge is 0.251 e. The number of carbonyl (C=O) groups excluding carboxylic acids is 1. The molecule has 0 aliphatic carbocycles. The van der Waals surface area contributed by atoms with E-state index in [-0.39, 0.29) is 12.5 Å². The van der Waals surface area contributed by atoms with Crippen molar-refractivity contribution in [2.24, 2.45) is 5.92 Å². The molecule has 2 N–H and O–H groups in total. The highest BCUT2D eigenvalue weighted by Gasteiger charge is 2.16. The second-order valence-electron chi connectivity index (χ2n) is 8.04. The molecule has 5 heteroatoms. The van der Waals surface area contributed by atoms with E-state index in [2.05, 4.69) is 11.4 Å². The highest BCUT2D eigenvalue weighted by Crippen LogP contribution is 2.24. The number of amides is 1. The highest BCUT2D eigenvalue weighted by atomic mass is 16.5. The Bertz CT molecular complexity index is 1040. The van der Waals surface area contributed by atoms with E-state index in [1.165, 1.54) is 0 Å². The van der Waals surface area contributed by atoms with Crippen LogP contribution >= 0.6 is 0 Å². The number of nitrogens with one attached hydrogen (secondary N) is 1. The second-order valence-corrected chi connectivity index (χ2v) is 8.04. The van der Waals surface area contributed by atoms with Gasteiger partial charge in [-0.3, -0.25) is 9.78 Å². The maximum atomic E-state index is 12.7. The SMILES string of the molecule is Cc1cc(CO)c2cccc(Cc3cccc(C(=O)NCC4CCOCC4)c3)c2n1. The molecule has 0 atom stereocenters. The molecule has 156 valence electrons. The van der Waals surface area contributed by atoms with Crippen molar-refractivity contribution in [3.8, 4) is 0 Å². The fourth-order valence-corrected chi connectivity index (χ4v) is 4.13. The average Bonchev–Trinajstić information content (AvgIpc) is 2.78. The maximum absolute atomic E-state index is 12.7. The lowest BCUT2D eigenvalue weighted by Crippen LogP contribution is -2.32. The molecule has 1 amide bonds. The molecule has 1 aliphatic rings. The monoisotopic (exact) mass is 404 g/mol. The predicted molar refractivity (Wildman–Crippen MR) is 118 cm³/mol. The number of carbonyl (C=O) groups is 1. The van der Waals surface area contributed by atoms with Crippen molar-refractivity contribution < 1.29 is 14.6 Å². The normalized spacial score (nSPS) is 14.7. The number of benzene rings is 2. The molecule has 1 saturated heterocycles. The van der Waals surface area contributed by atoms with Crippen LogP contribution in [0.2, 0.25) is 0 Å². The lowest BCUT2D eigenvalue weighted by Gasteiger charge is -2.22. The number of ether oxygens (including phenoxy) is 1. The van der Waals surface area contributed by atoms with Crippen LogP contribution < -0.4 is 5.32 Å². The number of fused-ring (bicyclic) bond motifs is 1. The predicted octanol–water partition coefficient (Wildman–Crippen LogP) is 3.78. The summed E-state index contributed by atoms with van der Waals surface area (Å²) in [7, 11) is 0. The number of rotatable bonds is 6. The number of aliphatic hydroxyl groups is 1. The van der Waals surface area contributed by atoms with Crippen molar-refractivity contribution in [2.75, 3.05) is 19.8 Å². The number of aryl methyl sites for hydroxylation is 1. The van der Waals surface area contributed by atoms with E-state index in [0.29, 0.717) is 24.4 Å². The zero-order valence-corrected chi connectivity index (χ0v) is 17.4. The van der Waals surface area contributed by atoms with Gasteiger partial charge in [0.25, 0.3) is 5.91 Å². The fourth-order valence-electron chi connectivity index (χ4n) is 4.13. The standard InChI is InChI=1S/C25H28N2O3/c1-17-12-22(16-28)23-7-3-5-20(24(23)27-17)13-19-4-2-6-21(14-19)25(29)26-15-18-8-10-30-11-9-18/h2-7,12,14,18,28H,8-11,13,15-16H2,1H3,(H,26,29). The second kappa shape index (κ2) is 9.37. The van der Waals surface area contributed by atoms with E-state index in [4.69, 9.17) is 9.72 Å². The van der Waals surface area contributed by atoms with Gasteiger partial charge in [0.1, 0.15) is 0 Å². The molecule has 5 nitrogen and oxygen atoms in total. The maximum Gasteiger partial charge on any atom is 0.251 e. The van der Waals surface area contributed by atoms with Crippen LogP contribution in [0.3, 0.4) is 0 Å². The van der Waals surface area contributed by atoms with Crippen LogP contribution in [0.15, 0.2) is 48.5 Å². The molecule has 2 heterocycles. The number of aliphatic hydroxyl groups excluding tert-OH is 1. The van der Waals surface area contributed by atoms with Crippen LogP contribution in [-0.2, 0) is 17.8 Å². The summed E-state index contributed by atoms with van der Waals surface area (Å²) >= 11 is 0. The summed E-state index contributed by atoms with van der Waals surface area (Å²) in [5, 5.41) is 13.8. The Morgan fingerprint density at radius 1 is 1.13 bits per heavy atom. The van der Waals surface area contributed by atoms with Gasteiger partial charge in [-0.25, -0.2) is 0 Å². The van der Waals surface area contributed by atoms with Crippen molar-refractivity contribution in [3.63, 3.8) is 0 Å². The molecule has 30 heavy (non-hydrogen) atoms. The van der Waals surface area contributed by atoms with Crippen LogP contribution in [0.5, 0.6) is 0 Å². The summed E-state index contributed by atoms with van der Waals surface area (Å²) in [4.78, 5) is 17.4. The first-order chi connectivity index (χ1) is 14.6. The minimum Gasteiger partial charge on any atom is -0.392 e. The molecular formula is C25H28N2O3. The van der Waals surface area contributed by atoms with Crippen LogP contribution in [0.1, 0.15) is 45.6 Å². The van der Waals surface area contributed by atoms with Crippen molar-refractivity contribution in [2.45, 2.75) is 32.8 Å². The van der Waals surface area contributed by atoms with E-state index < -0.39 is 0 Å². The molecule has 0 unspecified atom stereocenters. The molecular weight excluding hydrogens is 376 g/mol. The fraction of sp³-hybridized carbons (Fsp3) is 0.360. The van der Waals surface area contributed by atoms with Gasteiger partial charge in [0.05, 0.1) is 12.1 Å². The number of pyridine rings is 1. The Labute approximate surface area is 177 Å². The summed E-state index contributed by atoms with van der Waals surface area (Å²) in [6.07, 6.45) is 2.69. The van der Waals surface area contributed by atoms with Gasteiger partial charge in [-0.15, -0.1) is 0 Å². The van der Waals surface area contributed by atoms with E-state index >= 15 is 0 Å². The number of hydrogen-bond acceptors (Lipinski definition) is 4. The number of hydrogen-bond donors (Lipinski definition) is 2. The number of aromatic nitrogens is 1. The van der Waals surface area contributed by atoms with E-state index in [0.717, 1.165) is 59.3 Å². The summed E-state index contributed by atoms with van der Waals surface area (Å²) in [5.41, 5.74) is 5.53. The quantitative estimate of drug-likeness (QED) is 0.656. The molecule has 1 fully saturated rings. The van der Waals surface area contributed by atoms with Crippen molar-refractivity contribution in [1.29, 1.82) is 0 Å². The Kier molecular flexibility index (Phi) is 6.41. The molecule has 0 saturated carbocycles. The molecule has 0 bridgehead atoms. The summed E-state index contributed by atoms with van der Waals surface area (Å²) in [6, 6.07) is 15.8. The van der Waals surface area contributed by atoms with Gasteiger partial charge in [-0.2, -0.15) is 0 Å². The van der Waals surface area contributed by atoms with Gasteiger partial charge < -0.3 is 15.2 Å². The minimum atomic E-state index is -0.0298. The first-order valence-corrected chi connectivity index (χ1v) is 10.6.